The van der Waals surface area contributed by atoms with Crippen molar-refractivity contribution in [1.82, 2.24) is 4.57 Å². The molecule has 1 aliphatic heterocycles. The number of thiazole rings is 1. The number of anilines is 1. The Morgan fingerprint density at radius 3 is 2.42 bits per heavy atom. The molecule has 1 aromatic heterocycles. The summed E-state index contributed by atoms with van der Waals surface area (Å²) >= 11 is 2.90. The minimum absolute atomic E-state index is 0.221. The van der Waals surface area contributed by atoms with Crippen LogP contribution in [0.4, 0.5) is 10.1 Å². The van der Waals surface area contributed by atoms with E-state index < -0.39 is 12.0 Å². The van der Waals surface area contributed by atoms with E-state index in [1.807, 2.05) is 68.3 Å². The number of rotatable bonds is 8. The van der Waals surface area contributed by atoms with E-state index in [4.69, 9.17) is 4.74 Å². The summed E-state index contributed by atoms with van der Waals surface area (Å²) in [7, 11) is 0. The van der Waals surface area contributed by atoms with Crippen LogP contribution < -0.4 is 19.8 Å². The van der Waals surface area contributed by atoms with Crippen molar-refractivity contribution < 1.29 is 13.9 Å². The van der Waals surface area contributed by atoms with Crippen LogP contribution in [0.5, 0.6) is 0 Å². The average molecular weight is 578 g/mol. The summed E-state index contributed by atoms with van der Waals surface area (Å²) < 4.78 is 21.0. The maximum absolute atomic E-state index is 13.8. The number of esters is 1. The SMILES string of the molecule is C/C=C(/C)N(/C(C)=C/C=c1\sc2n(c1=O)C(c1ccc(SC)cc1)C(C(=O)OCC)=C(C)N=2)c1ccc(F)cc1. The third-order valence-corrected chi connectivity index (χ3v) is 8.38. The Kier molecular flexibility index (Phi) is 9.27. The number of hydrogen-bond acceptors (Lipinski definition) is 7. The highest BCUT2D eigenvalue weighted by Gasteiger charge is 2.33. The summed E-state index contributed by atoms with van der Waals surface area (Å²) in [4.78, 5) is 35.1. The second kappa shape index (κ2) is 12.7. The van der Waals surface area contributed by atoms with Crippen molar-refractivity contribution >= 4 is 40.8 Å². The molecule has 0 saturated heterocycles. The topological polar surface area (TPSA) is 63.9 Å². The van der Waals surface area contributed by atoms with Gasteiger partial charge in [0.2, 0.25) is 0 Å². The van der Waals surface area contributed by atoms with Gasteiger partial charge < -0.3 is 9.64 Å². The fourth-order valence-corrected chi connectivity index (χ4v) is 5.98. The second-order valence-electron chi connectivity index (χ2n) is 9.15. The van der Waals surface area contributed by atoms with Gasteiger partial charge in [0.15, 0.2) is 4.80 Å². The van der Waals surface area contributed by atoms with Crippen LogP contribution in [-0.4, -0.2) is 23.4 Å². The molecule has 2 aromatic carbocycles. The minimum Gasteiger partial charge on any atom is -0.463 e. The molecular weight excluding hydrogens is 545 g/mol. The number of carbonyl (C=O) groups is 1. The number of benzene rings is 2. The molecule has 0 N–H and O–H groups in total. The molecule has 1 atom stereocenters. The van der Waals surface area contributed by atoms with E-state index in [9.17, 15) is 14.0 Å². The van der Waals surface area contributed by atoms with Crippen LogP contribution in [0.15, 0.2) is 98.0 Å². The Balaban J connectivity index is 1.85. The van der Waals surface area contributed by atoms with Gasteiger partial charge in [0.25, 0.3) is 5.56 Å². The molecule has 1 aliphatic rings. The molecule has 0 saturated carbocycles. The Morgan fingerprint density at radius 1 is 1.15 bits per heavy atom. The molecule has 0 spiro atoms. The van der Waals surface area contributed by atoms with Crippen LogP contribution in [-0.2, 0) is 9.53 Å². The van der Waals surface area contributed by atoms with Crippen molar-refractivity contribution in [3.63, 3.8) is 0 Å². The van der Waals surface area contributed by atoms with Gasteiger partial charge in [0.05, 0.1) is 28.5 Å². The van der Waals surface area contributed by atoms with Crippen molar-refractivity contribution in [3.05, 3.63) is 114 Å². The Bertz CT molecular complexity index is 1680. The first-order valence-corrected chi connectivity index (χ1v) is 14.9. The first-order chi connectivity index (χ1) is 19.2. The van der Waals surface area contributed by atoms with Gasteiger partial charge in [-0.15, -0.1) is 11.8 Å². The van der Waals surface area contributed by atoms with Crippen LogP contribution >= 0.6 is 23.1 Å². The molecule has 40 heavy (non-hydrogen) atoms. The lowest BCUT2D eigenvalue weighted by atomic mass is 9.96. The zero-order chi connectivity index (χ0) is 29.0. The van der Waals surface area contributed by atoms with Crippen LogP contribution in [0, 0.1) is 5.82 Å². The number of halogens is 1. The lowest BCUT2D eigenvalue weighted by molar-refractivity contribution is -0.139. The molecule has 2 heterocycles. The molecule has 4 rings (SSSR count). The standard InChI is InChI=1S/C31H32FN3O3S2/c1-7-19(3)34(24-14-12-23(32)13-15-24)20(4)9-18-26-29(36)35-28(22-10-16-25(39-6)17-11-22)27(30(37)38-8-2)21(5)33-31(35)40-26/h7,9-18,28H,8H2,1-6H3/b19-7-,20-9+,26-18-. The van der Waals surface area contributed by atoms with Crippen molar-refractivity contribution in [3.8, 4) is 0 Å². The van der Waals surface area contributed by atoms with E-state index in [2.05, 4.69) is 4.99 Å². The van der Waals surface area contributed by atoms with Crippen molar-refractivity contribution in [1.29, 1.82) is 0 Å². The van der Waals surface area contributed by atoms with E-state index >= 15 is 0 Å². The van der Waals surface area contributed by atoms with Gasteiger partial charge in [-0.2, -0.15) is 0 Å². The Labute approximate surface area is 241 Å². The monoisotopic (exact) mass is 577 g/mol. The number of ether oxygens (including phenoxy) is 1. The van der Waals surface area contributed by atoms with Crippen molar-refractivity contribution in [2.75, 3.05) is 17.8 Å². The summed E-state index contributed by atoms with van der Waals surface area (Å²) in [6.07, 6.45) is 7.60. The third-order valence-electron chi connectivity index (χ3n) is 6.63. The molecule has 3 aromatic rings. The van der Waals surface area contributed by atoms with Crippen LogP contribution in [0.25, 0.3) is 6.08 Å². The first-order valence-electron chi connectivity index (χ1n) is 12.9. The maximum Gasteiger partial charge on any atom is 0.338 e. The van der Waals surface area contributed by atoms with Gasteiger partial charge in [-0.05, 0) is 95.0 Å². The lowest BCUT2D eigenvalue weighted by Crippen LogP contribution is -2.39. The predicted octanol–water partition coefficient (Wildman–Crippen LogP) is 5.95. The van der Waals surface area contributed by atoms with Gasteiger partial charge in [-0.3, -0.25) is 9.36 Å². The smallest absolute Gasteiger partial charge is 0.338 e. The zero-order valence-corrected chi connectivity index (χ0v) is 25.0. The quantitative estimate of drug-likeness (QED) is 0.245. The average Bonchev–Trinajstić information content (AvgIpc) is 3.26. The predicted molar refractivity (Wildman–Crippen MR) is 162 cm³/mol. The van der Waals surface area contributed by atoms with Gasteiger partial charge >= 0.3 is 5.97 Å². The highest BCUT2D eigenvalue weighted by Crippen LogP contribution is 2.31. The van der Waals surface area contributed by atoms with Crippen molar-refractivity contribution in [2.24, 2.45) is 4.99 Å². The molecule has 0 fully saturated rings. The molecule has 0 bridgehead atoms. The lowest BCUT2D eigenvalue weighted by Gasteiger charge is -2.26. The summed E-state index contributed by atoms with van der Waals surface area (Å²) in [5, 5.41) is 0. The van der Waals surface area contributed by atoms with Gasteiger partial charge in [0.1, 0.15) is 5.82 Å². The summed E-state index contributed by atoms with van der Waals surface area (Å²) in [6.45, 7) is 9.59. The normalized spacial score (nSPS) is 16.1. The number of fused-ring (bicyclic) bond motifs is 1. The number of nitrogens with zero attached hydrogens (tertiary/aromatic N) is 3. The minimum atomic E-state index is -0.653. The van der Waals surface area contributed by atoms with E-state index in [1.165, 1.54) is 23.5 Å². The summed E-state index contributed by atoms with van der Waals surface area (Å²) in [5.74, 6) is -0.788. The Hall–Kier alpha value is -3.69. The van der Waals surface area contributed by atoms with Crippen LogP contribution in [0.3, 0.4) is 0 Å². The third kappa shape index (κ3) is 5.90. The molecule has 0 radical (unpaired) electrons. The molecule has 208 valence electrons. The maximum atomic E-state index is 13.8. The zero-order valence-electron chi connectivity index (χ0n) is 23.4. The van der Waals surface area contributed by atoms with Gasteiger partial charge in [-0.1, -0.05) is 29.5 Å². The van der Waals surface area contributed by atoms with Crippen molar-refractivity contribution in [2.45, 2.75) is 45.6 Å². The van der Waals surface area contributed by atoms with Gasteiger partial charge in [-0.25, -0.2) is 14.2 Å². The molecule has 0 amide bonds. The van der Waals surface area contributed by atoms with Crippen LogP contribution in [0.2, 0.25) is 0 Å². The summed E-state index contributed by atoms with van der Waals surface area (Å²) in [5.41, 5.74) is 4.07. The second-order valence-corrected chi connectivity index (χ2v) is 11.0. The van der Waals surface area contributed by atoms with E-state index in [0.717, 1.165) is 27.5 Å². The number of aromatic nitrogens is 1. The molecule has 1 unspecified atom stereocenters. The number of allylic oxidation sites excluding steroid dienone is 5. The van der Waals surface area contributed by atoms with Crippen LogP contribution in [0.1, 0.15) is 46.2 Å². The number of hydrogen-bond donors (Lipinski definition) is 0. The molecular formula is C31H32FN3O3S2. The molecule has 0 aliphatic carbocycles. The Morgan fingerprint density at radius 2 is 1.82 bits per heavy atom. The van der Waals surface area contributed by atoms with E-state index in [0.29, 0.717) is 20.6 Å². The summed E-state index contributed by atoms with van der Waals surface area (Å²) in [6, 6.07) is 13.5. The van der Waals surface area contributed by atoms with Gasteiger partial charge in [0, 0.05) is 22.0 Å². The highest BCUT2D eigenvalue weighted by molar-refractivity contribution is 7.98. The number of thioether (sulfide) groups is 1. The fraction of sp³-hybridized carbons (Fsp3) is 0.258. The largest absolute Gasteiger partial charge is 0.463 e. The number of carbonyl (C=O) groups excluding carboxylic acids is 1. The molecule has 6 nitrogen and oxygen atoms in total. The van der Waals surface area contributed by atoms with E-state index in [1.54, 1.807) is 48.4 Å². The highest BCUT2D eigenvalue weighted by atomic mass is 32.2. The molecule has 9 heteroatoms. The van der Waals surface area contributed by atoms with E-state index in [-0.39, 0.29) is 18.0 Å². The fourth-order valence-electron chi connectivity index (χ4n) is 4.58. The first kappa shape index (κ1) is 29.3.